The molecule has 1 aliphatic carbocycles. The summed E-state index contributed by atoms with van der Waals surface area (Å²) in [5.41, 5.74) is 0.223. The van der Waals surface area contributed by atoms with E-state index in [1.807, 2.05) is 0 Å². The first-order valence-corrected chi connectivity index (χ1v) is 11.5. The highest BCUT2D eigenvalue weighted by atomic mass is 127. The standard InChI is InChI=1S/C22H44N4O.HI/c1-3-23-21(25-19-22(13-17-27)11-5-4-6-12-22)24-14-7-8-15-26-16-9-10-20(2)18-26;/h20,27H,3-19H2,1-2H3,(H2,23,24,25);1H. The monoisotopic (exact) mass is 508 g/mol. The van der Waals surface area contributed by atoms with Crippen LogP contribution in [0.2, 0.25) is 0 Å². The lowest BCUT2D eigenvalue weighted by molar-refractivity contribution is 0.137. The van der Waals surface area contributed by atoms with Crippen LogP contribution in [0.15, 0.2) is 4.99 Å². The van der Waals surface area contributed by atoms with Crippen molar-refractivity contribution in [1.82, 2.24) is 15.5 Å². The van der Waals surface area contributed by atoms with E-state index in [2.05, 4.69) is 29.4 Å². The molecule has 0 spiro atoms. The van der Waals surface area contributed by atoms with Gasteiger partial charge in [-0.15, -0.1) is 24.0 Å². The second-order valence-corrected chi connectivity index (χ2v) is 8.91. The zero-order valence-corrected chi connectivity index (χ0v) is 20.7. The highest BCUT2D eigenvalue weighted by molar-refractivity contribution is 14.0. The number of aliphatic hydroxyl groups is 1. The van der Waals surface area contributed by atoms with E-state index < -0.39 is 0 Å². The number of likely N-dealkylation sites (tertiary alicyclic amines) is 1. The SMILES string of the molecule is CCNC(=NCC1(CCO)CCCCC1)NCCCCN1CCCC(C)C1.I. The third-order valence-corrected chi connectivity index (χ3v) is 6.41. The van der Waals surface area contributed by atoms with E-state index in [0.29, 0.717) is 0 Å². The van der Waals surface area contributed by atoms with Gasteiger partial charge in [0, 0.05) is 32.8 Å². The molecule has 2 aliphatic rings. The average molecular weight is 509 g/mol. The fourth-order valence-electron chi connectivity index (χ4n) is 4.77. The average Bonchev–Trinajstić information content (AvgIpc) is 2.67. The quantitative estimate of drug-likeness (QED) is 0.181. The molecule has 1 saturated heterocycles. The molecule has 5 nitrogen and oxygen atoms in total. The molecule has 1 saturated carbocycles. The van der Waals surface area contributed by atoms with Crippen molar-refractivity contribution in [1.29, 1.82) is 0 Å². The van der Waals surface area contributed by atoms with Crippen molar-refractivity contribution in [2.24, 2.45) is 16.3 Å². The number of rotatable bonds is 10. The van der Waals surface area contributed by atoms with Crippen LogP contribution in [0.4, 0.5) is 0 Å². The maximum Gasteiger partial charge on any atom is 0.191 e. The first-order chi connectivity index (χ1) is 13.2. The van der Waals surface area contributed by atoms with Gasteiger partial charge >= 0.3 is 0 Å². The number of nitrogens with one attached hydrogen (secondary N) is 2. The molecule has 0 radical (unpaired) electrons. The van der Waals surface area contributed by atoms with Crippen molar-refractivity contribution in [2.75, 3.05) is 45.9 Å². The molecule has 1 aliphatic heterocycles. The molecule has 2 fully saturated rings. The van der Waals surface area contributed by atoms with Crippen LogP contribution in [0.5, 0.6) is 0 Å². The van der Waals surface area contributed by atoms with Crippen LogP contribution in [0.3, 0.4) is 0 Å². The second kappa shape index (κ2) is 14.8. The Morgan fingerprint density at radius 2 is 1.93 bits per heavy atom. The Labute approximate surface area is 190 Å². The van der Waals surface area contributed by atoms with Gasteiger partial charge in [0.25, 0.3) is 0 Å². The molecule has 1 heterocycles. The van der Waals surface area contributed by atoms with Crippen molar-refractivity contribution in [2.45, 2.75) is 78.1 Å². The fraction of sp³-hybridized carbons (Fsp3) is 0.955. The summed E-state index contributed by atoms with van der Waals surface area (Å²) in [5.74, 6) is 1.82. The Morgan fingerprint density at radius 3 is 2.61 bits per heavy atom. The van der Waals surface area contributed by atoms with Gasteiger partial charge in [-0.3, -0.25) is 4.99 Å². The minimum atomic E-state index is 0. The predicted molar refractivity (Wildman–Crippen MR) is 131 cm³/mol. The van der Waals surface area contributed by atoms with Gasteiger partial charge in [-0.2, -0.15) is 0 Å². The highest BCUT2D eigenvalue weighted by Gasteiger charge is 2.31. The molecular formula is C22H45IN4O. The predicted octanol–water partition coefficient (Wildman–Crippen LogP) is 4.00. The zero-order valence-electron chi connectivity index (χ0n) is 18.3. The summed E-state index contributed by atoms with van der Waals surface area (Å²) in [6, 6.07) is 0. The number of nitrogens with zero attached hydrogens (tertiary/aromatic N) is 2. The minimum absolute atomic E-state index is 0. The summed E-state index contributed by atoms with van der Waals surface area (Å²) in [7, 11) is 0. The van der Waals surface area contributed by atoms with E-state index in [4.69, 9.17) is 4.99 Å². The van der Waals surface area contributed by atoms with Crippen molar-refractivity contribution in [3.8, 4) is 0 Å². The molecule has 0 aromatic rings. The van der Waals surface area contributed by atoms with Gasteiger partial charge < -0.3 is 20.6 Å². The summed E-state index contributed by atoms with van der Waals surface area (Å²) in [6.07, 6.45) is 12.4. The first-order valence-electron chi connectivity index (χ1n) is 11.5. The highest BCUT2D eigenvalue weighted by Crippen LogP contribution is 2.39. The largest absolute Gasteiger partial charge is 0.396 e. The summed E-state index contributed by atoms with van der Waals surface area (Å²) in [4.78, 5) is 7.53. The molecule has 2 rings (SSSR count). The van der Waals surface area contributed by atoms with Crippen molar-refractivity contribution in [3.05, 3.63) is 0 Å². The Kier molecular flexibility index (Phi) is 13.7. The molecule has 0 aromatic heterocycles. The van der Waals surface area contributed by atoms with Crippen molar-refractivity contribution >= 4 is 29.9 Å². The molecule has 1 atom stereocenters. The molecule has 1 unspecified atom stereocenters. The van der Waals surface area contributed by atoms with Crippen LogP contribution >= 0.6 is 24.0 Å². The van der Waals surface area contributed by atoms with E-state index in [1.165, 1.54) is 77.4 Å². The lowest BCUT2D eigenvalue weighted by Gasteiger charge is -2.35. The molecule has 6 heteroatoms. The lowest BCUT2D eigenvalue weighted by Crippen LogP contribution is -2.40. The smallest absolute Gasteiger partial charge is 0.191 e. The van der Waals surface area contributed by atoms with E-state index in [1.54, 1.807) is 0 Å². The minimum Gasteiger partial charge on any atom is -0.396 e. The van der Waals surface area contributed by atoms with E-state index in [0.717, 1.165) is 37.9 Å². The van der Waals surface area contributed by atoms with Gasteiger partial charge in [-0.05, 0) is 76.3 Å². The summed E-state index contributed by atoms with van der Waals surface area (Å²) in [6.45, 7) is 11.3. The van der Waals surface area contributed by atoms with Crippen molar-refractivity contribution < 1.29 is 5.11 Å². The van der Waals surface area contributed by atoms with Gasteiger partial charge in [0.2, 0.25) is 0 Å². The molecule has 0 bridgehead atoms. The van der Waals surface area contributed by atoms with Crippen LogP contribution in [0, 0.1) is 11.3 Å². The summed E-state index contributed by atoms with van der Waals surface area (Å²) >= 11 is 0. The van der Waals surface area contributed by atoms with Crippen LogP contribution in [0.25, 0.3) is 0 Å². The van der Waals surface area contributed by atoms with E-state index in [-0.39, 0.29) is 36.0 Å². The normalized spacial score (nSPS) is 23.1. The van der Waals surface area contributed by atoms with E-state index in [9.17, 15) is 5.11 Å². The summed E-state index contributed by atoms with van der Waals surface area (Å²) < 4.78 is 0. The molecule has 166 valence electrons. The number of halogens is 1. The van der Waals surface area contributed by atoms with Gasteiger partial charge in [-0.1, -0.05) is 26.2 Å². The van der Waals surface area contributed by atoms with Gasteiger partial charge in [0.05, 0.1) is 0 Å². The Morgan fingerprint density at radius 1 is 1.14 bits per heavy atom. The molecule has 3 N–H and O–H groups in total. The number of hydrogen-bond donors (Lipinski definition) is 3. The van der Waals surface area contributed by atoms with Crippen molar-refractivity contribution in [3.63, 3.8) is 0 Å². The number of aliphatic imine (C=N–C) groups is 1. The van der Waals surface area contributed by atoms with Gasteiger partial charge in [0.1, 0.15) is 0 Å². The topological polar surface area (TPSA) is 59.9 Å². The number of aliphatic hydroxyl groups excluding tert-OH is 1. The van der Waals surface area contributed by atoms with Crippen LogP contribution in [0.1, 0.15) is 78.1 Å². The maximum absolute atomic E-state index is 9.49. The Hall–Kier alpha value is -0.0800. The van der Waals surface area contributed by atoms with Crippen LogP contribution in [-0.4, -0.2) is 61.8 Å². The third kappa shape index (κ3) is 9.61. The van der Waals surface area contributed by atoms with Crippen LogP contribution in [-0.2, 0) is 0 Å². The molecule has 0 amide bonds. The second-order valence-electron chi connectivity index (χ2n) is 8.91. The zero-order chi connectivity index (χ0) is 19.4. The molecule has 0 aromatic carbocycles. The number of hydrogen-bond acceptors (Lipinski definition) is 3. The Bertz CT molecular complexity index is 421. The van der Waals surface area contributed by atoms with Gasteiger partial charge in [0.15, 0.2) is 5.96 Å². The number of unbranched alkanes of at least 4 members (excludes halogenated alkanes) is 1. The Balaban J connectivity index is 0.00000392. The number of piperidine rings is 1. The summed E-state index contributed by atoms with van der Waals surface area (Å²) in [5, 5.41) is 16.4. The molecule has 28 heavy (non-hydrogen) atoms. The fourth-order valence-corrected chi connectivity index (χ4v) is 4.77. The van der Waals surface area contributed by atoms with Gasteiger partial charge in [-0.25, -0.2) is 0 Å². The lowest BCUT2D eigenvalue weighted by atomic mass is 9.72. The molecular weight excluding hydrogens is 463 g/mol. The number of guanidine groups is 1. The third-order valence-electron chi connectivity index (χ3n) is 6.41. The van der Waals surface area contributed by atoms with E-state index >= 15 is 0 Å². The van der Waals surface area contributed by atoms with Crippen LogP contribution < -0.4 is 10.6 Å². The maximum atomic E-state index is 9.49. The first kappa shape index (κ1) is 26.0.